The molecule has 0 aliphatic heterocycles. The topological polar surface area (TPSA) is 9.23 Å². The summed E-state index contributed by atoms with van der Waals surface area (Å²) in [6.45, 7) is 7.74. The average Bonchev–Trinajstić information content (AvgIpc) is 2.68. The van der Waals surface area contributed by atoms with Crippen LogP contribution in [0.5, 0.6) is 0 Å². The normalized spacial score (nSPS) is 32.7. The Labute approximate surface area is 165 Å². The molecule has 0 unspecified atom stereocenters. The van der Waals surface area contributed by atoms with Crippen LogP contribution in [0.3, 0.4) is 0 Å². The van der Waals surface area contributed by atoms with E-state index >= 15 is 0 Å². The van der Waals surface area contributed by atoms with Crippen LogP contribution in [0.25, 0.3) is 0 Å². The molecule has 26 heavy (non-hydrogen) atoms. The Bertz CT molecular complexity index is 334. The van der Waals surface area contributed by atoms with E-state index in [1.165, 1.54) is 109 Å². The Kier molecular flexibility index (Phi) is 10.6. The third-order valence-electron chi connectivity index (χ3n) is 7.65. The van der Waals surface area contributed by atoms with Crippen LogP contribution in [-0.2, 0) is 4.74 Å². The van der Waals surface area contributed by atoms with E-state index in [1.807, 2.05) is 0 Å². The lowest BCUT2D eigenvalue weighted by atomic mass is 9.67. The zero-order valence-electron chi connectivity index (χ0n) is 18.4. The van der Waals surface area contributed by atoms with Crippen molar-refractivity contribution >= 4 is 0 Å². The van der Waals surface area contributed by atoms with Crippen LogP contribution in [0, 0.1) is 17.8 Å². The van der Waals surface area contributed by atoms with Gasteiger partial charge in [0.05, 0.1) is 5.60 Å². The van der Waals surface area contributed by atoms with E-state index in [4.69, 9.17) is 4.74 Å². The van der Waals surface area contributed by atoms with E-state index in [9.17, 15) is 0 Å². The standard InChI is InChI=1S/C25H48O/c1-4-7-9-10-11-19-25(26-6-3)20-17-24(18-21-25)23-15-13-22(14-16-23)12-8-5-2/h22-24H,4-21H2,1-3H3/t22?,23?,24-,25+. The van der Waals surface area contributed by atoms with Crippen molar-refractivity contribution in [2.45, 2.75) is 136 Å². The Morgan fingerprint density at radius 1 is 0.692 bits per heavy atom. The zero-order chi connectivity index (χ0) is 18.7. The molecular weight excluding hydrogens is 316 g/mol. The highest BCUT2D eigenvalue weighted by Crippen LogP contribution is 2.45. The van der Waals surface area contributed by atoms with Crippen LogP contribution in [0.4, 0.5) is 0 Å². The summed E-state index contributed by atoms with van der Waals surface area (Å²) in [7, 11) is 0. The number of ether oxygens (including phenoxy) is 1. The SMILES string of the molecule is CCCCCCC[C@]1(OCC)CC[C@@H](C2CCC(CCCC)CC2)CC1. The molecule has 0 spiro atoms. The van der Waals surface area contributed by atoms with Crippen molar-refractivity contribution in [2.75, 3.05) is 6.61 Å². The summed E-state index contributed by atoms with van der Waals surface area (Å²) in [6.07, 6.45) is 24.3. The second-order valence-corrected chi connectivity index (χ2v) is 9.54. The maximum Gasteiger partial charge on any atom is 0.0682 e. The number of unbranched alkanes of at least 4 members (excludes halogenated alkanes) is 5. The highest BCUT2D eigenvalue weighted by molar-refractivity contribution is 4.90. The molecule has 2 aliphatic rings. The summed E-state index contributed by atoms with van der Waals surface area (Å²) in [6, 6.07) is 0. The van der Waals surface area contributed by atoms with Gasteiger partial charge in [-0.2, -0.15) is 0 Å². The summed E-state index contributed by atoms with van der Waals surface area (Å²) in [5, 5.41) is 0. The summed E-state index contributed by atoms with van der Waals surface area (Å²) >= 11 is 0. The zero-order valence-corrected chi connectivity index (χ0v) is 18.4. The van der Waals surface area contributed by atoms with E-state index < -0.39 is 0 Å². The van der Waals surface area contributed by atoms with Crippen LogP contribution in [0.2, 0.25) is 0 Å². The van der Waals surface area contributed by atoms with Crippen molar-refractivity contribution < 1.29 is 4.74 Å². The van der Waals surface area contributed by atoms with Crippen LogP contribution in [0.1, 0.15) is 130 Å². The first-order chi connectivity index (χ1) is 12.7. The first kappa shape index (κ1) is 22.3. The fourth-order valence-electron chi connectivity index (χ4n) is 5.90. The van der Waals surface area contributed by atoms with Crippen LogP contribution in [-0.4, -0.2) is 12.2 Å². The molecule has 2 saturated carbocycles. The molecule has 2 aliphatic carbocycles. The van der Waals surface area contributed by atoms with Crippen molar-refractivity contribution in [3.63, 3.8) is 0 Å². The van der Waals surface area contributed by atoms with E-state index in [1.54, 1.807) is 0 Å². The molecule has 2 rings (SSSR count). The Morgan fingerprint density at radius 3 is 1.92 bits per heavy atom. The van der Waals surface area contributed by atoms with E-state index in [-0.39, 0.29) is 5.60 Å². The van der Waals surface area contributed by atoms with Gasteiger partial charge in [0.25, 0.3) is 0 Å². The van der Waals surface area contributed by atoms with Crippen molar-refractivity contribution in [2.24, 2.45) is 17.8 Å². The van der Waals surface area contributed by atoms with Crippen molar-refractivity contribution in [3.8, 4) is 0 Å². The summed E-state index contributed by atoms with van der Waals surface area (Å²) in [5.41, 5.74) is 0.246. The van der Waals surface area contributed by atoms with Gasteiger partial charge >= 0.3 is 0 Å². The third-order valence-corrected chi connectivity index (χ3v) is 7.65. The molecular formula is C25H48O. The van der Waals surface area contributed by atoms with E-state index in [0.29, 0.717) is 0 Å². The summed E-state index contributed by atoms with van der Waals surface area (Å²) < 4.78 is 6.37. The molecule has 0 aromatic rings. The van der Waals surface area contributed by atoms with Gasteiger partial charge in [-0.25, -0.2) is 0 Å². The molecule has 0 atom stereocenters. The monoisotopic (exact) mass is 364 g/mol. The summed E-state index contributed by atoms with van der Waals surface area (Å²) in [5.74, 6) is 3.10. The van der Waals surface area contributed by atoms with Gasteiger partial charge in [0, 0.05) is 6.61 Å². The molecule has 0 bridgehead atoms. The minimum atomic E-state index is 0.246. The molecule has 0 amide bonds. The fourth-order valence-corrected chi connectivity index (χ4v) is 5.90. The smallest absolute Gasteiger partial charge is 0.0682 e. The Hall–Kier alpha value is -0.0400. The van der Waals surface area contributed by atoms with E-state index in [2.05, 4.69) is 20.8 Å². The lowest BCUT2D eigenvalue weighted by molar-refractivity contribution is -0.0855. The van der Waals surface area contributed by atoms with Gasteiger partial charge in [0.1, 0.15) is 0 Å². The average molecular weight is 365 g/mol. The third kappa shape index (κ3) is 7.17. The van der Waals surface area contributed by atoms with Crippen LogP contribution in [0.15, 0.2) is 0 Å². The molecule has 0 N–H and O–H groups in total. The quantitative estimate of drug-likeness (QED) is 0.316. The number of hydrogen-bond donors (Lipinski definition) is 0. The minimum Gasteiger partial charge on any atom is -0.375 e. The molecule has 1 heteroatoms. The highest BCUT2D eigenvalue weighted by Gasteiger charge is 2.38. The second-order valence-electron chi connectivity index (χ2n) is 9.54. The Morgan fingerprint density at radius 2 is 1.31 bits per heavy atom. The van der Waals surface area contributed by atoms with Gasteiger partial charge in [-0.1, -0.05) is 78.1 Å². The van der Waals surface area contributed by atoms with Gasteiger partial charge in [0.15, 0.2) is 0 Å². The first-order valence-corrected chi connectivity index (χ1v) is 12.4. The van der Waals surface area contributed by atoms with Crippen molar-refractivity contribution in [3.05, 3.63) is 0 Å². The first-order valence-electron chi connectivity index (χ1n) is 12.4. The van der Waals surface area contributed by atoms with E-state index in [0.717, 1.165) is 24.4 Å². The molecule has 0 aromatic heterocycles. The molecule has 0 heterocycles. The molecule has 2 fully saturated rings. The second kappa shape index (κ2) is 12.4. The number of hydrogen-bond acceptors (Lipinski definition) is 1. The predicted molar refractivity (Wildman–Crippen MR) is 115 cm³/mol. The fraction of sp³-hybridized carbons (Fsp3) is 1.00. The lowest BCUT2D eigenvalue weighted by Crippen LogP contribution is -2.39. The minimum absolute atomic E-state index is 0.246. The van der Waals surface area contributed by atoms with Gasteiger partial charge in [-0.3, -0.25) is 0 Å². The van der Waals surface area contributed by atoms with Crippen LogP contribution >= 0.6 is 0 Å². The Balaban J connectivity index is 1.71. The van der Waals surface area contributed by atoms with Crippen molar-refractivity contribution in [1.82, 2.24) is 0 Å². The maximum atomic E-state index is 6.37. The molecule has 154 valence electrons. The van der Waals surface area contributed by atoms with Gasteiger partial charge in [0.2, 0.25) is 0 Å². The van der Waals surface area contributed by atoms with Gasteiger partial charge in [-0.15, -0.1) is 0 Å². The summed E-state index contributed by atoms with van der Waals surface area (Å²) in [4.78, 5) is 0. The molecule has 0 saturated heterocycles. The number of rotatable bonds is 12. The highest BCUT2D eigenvalue weighted by atomic mass is 16.5. The molecule has 1 nitrogen and oxygen atoms in total. The lowest BCUT2D eigenvalue weighted by Gasteiger charge is -2.44. The maximum absolute atomic E-state index is 6.37. The van der Waals surface area contributed by atoms with Gasteiger partial charge in [-0.05, 0) is 69.6 Å². The largest absolute Gasteiger partial charge is 0.375 e. The molecule has 0 aromatic carbocycles. The predicted octanol–water partition coefficient (Wildman–Crippen LogP) is 8.31. The van der Waals surface area contributed by atoms with Gasteiger partial charge < -0.3 is 4.74 Å². The van der Waals surface area contributed by atoms with Crippen LogP contribution < -0.4 is 0 Å². The molecule has 0 radical (unpaired) electrons. The van der Waals surface area contributed by atoms with Crippen molar-refractivity contribution in [1.29, 1.82) is 0 Å².